The van der Waals surface area contributed by atoms with Crippen LogP contribution in [0, 0.1) is 12.8 Å². The van der Waals surface area contributed by atoms with Gasteiger partial charge in [0.15, 0.2) is 0 Å². The number of nitrogens with two attached hydrogens (primary N) is 1. The average Bonchev–Trinajstić information content (AvgIpc) is 3.11. The first-order valence-corrected chi connectivity index (χ1v) is 8.86. The van der Waals surface area contributed by atoms with Crippen molar-refractivity contribution in [2.75, 3.05) is 19.7 Å². The van der Waals surface area contributed by atoms with Gasteiger partial charge in [-0.3, -0.25) is 4.79 Å². The lowest BCUT2D eigenvalue weighted by Gasteiger charge is -2.21. The molecule has 0 saturated carbocycles. The Bertz CT molecular complexity index is 685. The van der Waals surface area contributed by atoms with Crippen LogP contribution >= 0.6 is 0 Å². The summed E-state index contributed by atoms with van der Waals surface area (Å²) in [5, 5.41) is 0. The Kier molecular flexibility index (Phi) is 5.84. The van der Waals surface area contributed by atoms with E-state index < -0.39 is 6.04 Å². The maximum absolute atomic E-state index is 12.6. The fourth-order valence-electron chi connectivity index (χ4n) is 3.20. The number of nitrogens with zero attached hydrogens (tertiary/aromatic N) is 1. The Morgan fingerprint density at radius 3 is 2.64 bits per heavy atom. The maximum atomic E-state index is 12.6. The number of likely N-dealkylation sites (tertiary alicyclic amines) is 1. The van der Waals surface area contributed by atoms with Gasteiger partial charge in [0.05, 0.1) is 13.2 Å². The van der Waals surface area contributed by atoms with Crippen molar-refractivity contribution in [2.45, 2.75) is 26.0 Å². The zero-order valence-corrected chi connectivity index (χ0v) is 14.7. The molecule has 1 saturated heterocycles. The molecule has 2 aromatic carbocycles. The van der Waals surface area contributed by atoms with Gasteiger partial charge in [0.2, 0.25) is 5.91 Å². The lowest BCUT2D eigenvalue weighted by Crippen LogP contribution is -2.37. The van der Waals surface area contributed by atoms with Crippen molar-refractivity contribution in [3.05, 3.63) is 71.3 Å². The molecule has 0 radical (unpaired) electrons. The highest BCUT2D eigenvalue weighted by Crippen LogP contribution is 2.21. The number of benzene rings is 2. The van der Waals surface area contributed by atoms with Gasteiger partial charge in [-0.15, -0.1) is 0 Å². The SMILES string of the molecule is Cc1ccc(C(N)C(=O)N2CCC(COCc3ccccc3)C2)cc1. The van der Waals surface area contributed by atoms with Crippen LogP contribution in [-0.2, 0) is 16.1 Å². The molecule has 0 spiro atoms. The zero-order chi connectivity index (χ0) is 17.6. The van der Waals surface area contributed by atoms with Crippen molar-refractivity contribution in [3.8, 4) is 0 Å². The molecule has 3 rings (SSSR count). The van der Waals surface area contributed by atoms with Crippen LogP contribution in [0.3, 0.4) is 0 Å². The second-order valence-corrected chi connectivity index (χ2v) is 6.83. The monoisotopic (exact) mass is 338 g/mol. The molecule has 2 atom stereocenters. The normalized spacial score (nSPS) is 18.3. The number of carbonyl (C=O) groups is 1. The van der Waals surface area contributed by atoms with Gasteiger partial charge in [0.1, 0.15) is 6.04 Å². The van der Waals surface area contributed by atoms with Crippen LogP contribution in [-0.4, -0.2) is 30.5 Å². The van der Waals surface area contributed by atoms with Gasteiger partial charge in [-0.2, -0.15) is 0 Å². The minimum atomic E-state index is -0.579. The minimum absolute atomic E-state index is 0.00872. The first-order chi connectivity index (χ1) is 12.1. The van der Waals surface area contributed by atoms with E-state index in [1.165, 1.54) is 11.1 Å². The van der Waals surface area contributed by atoms with Crippen LogP contribution in [0.25, 0.3) is 0 Å². The molecule has 0 aliphatic carbocycles. The topological polar surface area (TPSA) is 55.6 Å². The van der Waals surface area contributed by atoms with E-state index in [-0.39, 0.29) is 5.91 Å². The summed E-state index contributed by atoms with van der Waals surface area (Å²) in [6, 6.07) is 17.4. The van der Waals surface area contributed by atoms with Crippen LogP contribution in [0.5, 0.6) is 0 Å². The van der Waals surface area contributed by atoms with E-state index in [0.29, 0.717) is 19.1 Å². The minimum Gasteiger partial charge on any atom is -0.376 e. The summed E-state index contributed by atoms with van der Waals surface area (Å²) < 4.78 is 5.82. The van der Waals surface area contributed by atoms with Crippen molar-refractivity contribution in [3.63, 3.8) is 0 Å². The summed E-state index contributed by atoms with van der Waals surface area (Å²) in [4.78, 5) is 14.5. The fourth-order valence-corrected chi connectivity index (χ4v) is 3.20. The van der Waals surface area contributed by atoms with E-state index in [0.717, 1.165) is 25.1 Å². The lowest BCUT2D eigenvalue weighted by molar-refractivity contribution is -0.131. The summed E-state index contributed by atoms with van der Waals surface area (Å²) in [6.07, 6.45) is 0.973. The molecule has 1 aliphatic rings. The first-order valence-electron chi connectivity index (χ1n) is 8.86. The van der Waals surface area contributed by atoms with Gasteiger partial charge in [-0.1, -0.05) is 60.2 Å². The summed E-state index contributed by atoms with van der Waals surface area (Å²) in [5.74, 6) is 0.396. The van der Waals surface area contributed by atoms with Gasteiger partial charge in [-0.25, -0.2) is 0 Å². The zero-order valence-electron chi connectivity index (χ0n) is 14.7. The molecule has 1 heterocycles. The summed E-state index contributed by atoms with van der Waals surface area (Å²) >= 11 is 0. The third-order valence-electron chi connectivity index (χ3n) is 4.77. The van der Waals surface area contributed by atoms with Gasteiger partial charge in [-0.05, 0) is 24.5 Å². The Morgan fingerprint density at radius 1 is 1.20 bits per heavy atom. The summed E-state index contributed by atoms with van der Waals surface area (Å²) in [6.45, 7) is 4.81. The number of hydrogen-bond donors (Lipinski definition) is 1. The van der Waals surface area contributed by atoms with E-state index in [4.69, 9.17) is 10.5 Å². The van der Waals surface area contributed by atoms with Gasteiger partial charge >= 0.3 is 0 Å². The quantitative estimate of drug-likeness (QED) is 0.881. The maximum Gasteiger partial charge on any atom is 0.244 e. The first kappa shape index (κ1) is 17.6. The number of carbonyl (C=O) groups excluding carboxylic acids is 1. The van der Waals surface area contributed by atoms with Crippen molar-refractivity contribution < 1.29 is 9.53 Å². The summed E-state index contributed by atoms with van der Waals surface area (Å²) in [7, 11) is 0. The second-order valence-electron chi connectivity index (χ2n) is 6.83. The number of amides is 1. The molecular weight excluding hydrogens is 312 g/mol. The molecule has 0 bridgehead atoms. The number of rotatable bonds is 6. The number of aryl methyl sites for hydroxylation is 1. The van der Waals surface area contributed by atoms with Crippen LogP contribution in [0.15, 0.2) is 54.6 Å². The average molecular weight is 338 g/mol. The molecule has 132 valence electrons. The molecule has 4 heteroatoms. The third-order valence-corrected chi connectivity index (χ3v) is 4.77. The molecule has 1 amide bonds. The predicted octanol–water partition coefficient (Wildman–Crippen LogP) is 3.06. The number of hydrogen-bond acceptors (Lipinski definition) is 3. The number of ether oxygens (including phenoxy) is 1. The Balaban J connectivity index is 1.46. The largest absolute Gasteiger partial charge is 0.376 e. The van der Waals surface area contributed by atoms with Gasteiger partial charge < -0.3 is 15.4 Å². The molecular formula is C21H26N2O2. The second kappa shape index (κ2) is 8.28. The fraction of sp³-hybridized carbons (Fsp3) is 0.381. The predicted molar refractivity (Wildman–Crippen MR) is 98.9 cm³/mol. The molecule has 2 aromatic rings. The van der Waals surface area contributed by atoms with Gasteiger partial charge in [0, 0.05) is 19.0 Å². The Morgan fingerprint density at radius 2 is 1.92 bits per heavy atom. The molecule has 4 nitrogen and oxygen atoms in total. The molecule has 0 aromatic heterocycles. The highest BCUT2D eigenvalue weighted by molar-refractivity contribution is 5.83. The van der Waals surface area contributed by atoms with Crippen molar-refractivity contribution in [1.82, 2.24) is 4.90 Å². The van der Waals surface area contributed by atoms with E-state index in [1.807, 2.05) is 54.3 Å². The lowest BCUT2D eigenvalue weighted by atomic mass is 10.0. The molecule has 1 fully saturated rings. The third kappa shape index (κ3) is 4.68. The van der Waals surface area contributed by atoms with Crippen LogP contribution in [0.1, 0.15) is 29.2 Å². The molecule has 2 unspecified atom stereocenters. The van der Waals surface area contributed by atoms with E-state index in [9.17, 15) is 4.79 Å². The highest BCUT2D eigenvalue weighted by Gasteiger charge is 2.29. The van der Waals surface area contributed by atoms with Crippen LogP contribution in [0.2, 0.25) is 0 Å². The molecule has 2 N–H and O–H groups in total. The Labute approximate surface area is 149 Å². The van der Waals surface area contributed by atoms with Crippen LogP contribution < -0.4 is 5.73 Å². The molecule has 1 aliphatic heterocycles. The van der Waals surface area contributed by atoms with Crippen molar-refractivity contribution >= 4 is 5.91 Å². The Hall–Kier alpha value is -2.17. The van der Waals surface area contributed by atoms with Crippen molar-refractivity contribution in [1.29, 1.82) is 0 Å². The van der Waals surface area contributed by atoms with E-state index >= 15 is 0 Å². The standard InChI is InChI=1S/C21H26N2O2/c1-16-7-9-19(10-8-16)20(22)21(24)23-12-11-18(13-23)15-25-14-17-5-3-2-4-6-17/h2-10,18,20H,11-15,22H2,1H3. The van der Waals surface area contributed by atoms with E-state index in [1.54, 1.807) is 0 Å². The molecule has 25 heavy (non-hydrogen) atoms. The van der Waals surface area contributed by atoms with Gasteiger partial charge in [0.25, 0.3) is 0 Å². The summed E-state index contributed by atoms with van der Waals surface area (Å²) in [5.41, 5.74) is 9.38. The van der Waals surface area contributed by atoms with E-state index in [2.05, 4.69) is 12.1 Å². The van der Waals surface area contributed by atoms with Crippen LogP contribution in [0.4, 0.5) is 0 Å². The smallest absolute Gasteiger partial charge is 0.244 e. The highest BCUT2D eigenvalue weighted by atomic mass is 16.5. The van der Waals surface area contributed by atoms with Crippen molar-refractivity contribution in [2.24, 2.45) is 11.7 Å².